The minimum absolute atomic E-state index is 0.0514. The Kier molecular flexibility index (Phi) is 6.52. The van der Waals surface area contributed by atoms with Gasteiger partial charge in [-0.25, -0.2) is 8.42 Å². The van der Waals surface area contributed by atoms with Crippen LogP contribution >= 0.6 is 0 Å². The van der Waals surface area contributed by atoms with Crippen LogP contribution in [0, 0.1) is 6.92 Å². The standard InChI is InChI=1S/C15H25NO2S/c1-4-7-14(16-10-5-2)12-19(17,18)15-9-6-8-13(3)11-15/h6,8-9,11,14,16H,4-5,7,10,12H2,1-3H3. The van der Waals surface area contributed by atoms with Crippen LogP contribution < -0.4 is 5.32 Å². The summed E-state index contributed by atoms with van der Waals surface area (Å²) >= 11 is 0. The lowest BCUT2D eigenvalue weighted by Crippen LogP contribution is -2.36. The highest BCUT2D eigenvalue weighted by Crippen LogP contribution is 2.15. The summed E-state index contributed by atoms with van der Waals surface area (Å²) in [6.07, 6.45) is 2.90. The van der Waals surface area contributed by atoms with Crippen LogP contribution in [0.5, 0.6) is 0 Å². The van der Waals surface area contributed by atoms with Gasteiger partial charge >= 0.3 is 0 Å². The van der Waals surface area contributed by atoms with Crippen LogP contribution in [0.15, 0.2) is 29.2 Å². The summed E-state index contributed by atoms with van der Waals surface area (Å²) in [6, 6.07) is 7.20. The predicted molar refractivity (Wildman–Crippen MR) is 80.2 cm³/mol. The molecule has 1 unspecified atom stereocenters. The van der Waals surface area contributed by atoms with Gasteiger partial charge in [-0.2, -0.15) is 0 Å². The van der Waals surface area contributed by atoms with E-state index >= 15 is 0 Å². The first-order valence-electron chi connectivity index (χ1n) is 7.02. The van der Waals surface area contributed by atoms with Gasteiger partial charge < -0.3 is 5.32 Å². The van der Waals surface area contributed by atoms with Crippen LogP contribution in [-0.4, -0.2) is 26.8 Å². The summed E-state index contributed by atoms with van der Waals surface area (Å²) in [5, 5.41) is 3.33. The minimum Gasteiger partial charge on any atom is -0.313 e. The molecular weight excluding hydrogens is 258 g/mol. The molecular formula is C15H25NO2S. The Balaban J connectivity index is 2.81. The second kappa shape index (κ2) is 7.65. The topological polar surface area (TPSA) is 46.2 Å². The Bertz CT molecular complexity index is 483. The van der Waals surface area contributed by atoms with Crippen molar-refractivity contribution in [3.8, 4) is 0 Å². The second-order valence-electron chi connectivity index (χ2n) is 5.04. The van der Waals surface area contributed by atoms with E-state index in [-0.39, 0.29) is 11.8 Å². The van der Waals surface area contributed by atoms with E-state index in [0.717, 1.165) is 31.4 Å². The predicted octanol–water partition coefficient (Wildman–Crippen LogP) is 2.94. The quantitative estimate of drug-likeness (QED) is 0.798. The molecule has 19 heavy (non-hydrogen) atoms. The monoisotopic (exact) mass is 283 g/mol. The zero-order valence-electron chi connectivity index (χ0n) is 12.1. The molecule has 1 aromatic rings. The van der Waals surface area contributed by atoms with Crippen LogP contribution in [-0.2, 0) is 9.84 Å². The Morgan fingerprint density at radius 2 is 1.95 bits per heavy atom. The number of aryl methyl sites for hydroxylation is 1. The molecule has 4 heteroatoms. The molecule has 0 radical (unpaired) electrons. The van der Waals surface area contributed by atoms with Crippen LogP contribution in [0.2, 0.25) is 0 Å². The fraction of sp³-hybridized carbons (Fsp3) is 0.600. The third-order valence-corrected chi connectivity index (χ3v) is 4.90. The molecule has 0 aliphatic carbocycles. The van der Waals surface area contributed by atoms with E-state index in [0.29, 0.717) is 4.90 Å². The van der Waals surface area contributed by atoms with Crippen molar-refractivity contribution in [1.82, 2.24) is 5.32 Å². The van der Waals surface area contributed by atoms with E-state index in [4.69, 9.17) is 0 Å². The molecule has 0 aromatic heterocycles. The van der Waals surface area contributed by atoms with Gasteiger partial charge in [-0.15, -0.1) is 0 Å². The summed E-state index contributed by atoms with van der Waals surface area (Å²) in [5.41, 5.74) is 0.981. The van der Waals surface area contributed by atoms with E-state index < -0.39 is 9.84 Å². The van der Waals surface area contributed by atoms with Crippen molar-refractivity contribution < 1.29 is 8.42 Å². The van der Waals surface area contributed by atoms with Crippen LogP contribution in [0.25, 0.3) is 0 Å². The molecule has 1 atom stereocenters. The van der Waals surface area contributed by atoms with Gasteiger partial charge in [0.2, 0.25) is 0 Å². The molecule has 0 saturated carbocycles. The molecule has 3 nitrogen and oxygen atoms in total. The lowest BCUT2D eigenvalue weighted by atomic mass is 10.2. The molecule has 0 aliphatic rings. The van der Waals surface area contributed by atoms with Crippen molar-refractivity contribution in [2.75, 3.05) is 12.3 Å². The van der Waals surface area contributed by atoms with E-state index in [9.17, 15) is 8.42 Å². The van der Waals surface area contributed by atoms with E-state index in [1.165, 1.54) is 0 Å². The first kappa shape index (κ1) is 16.2. The molecule has 0 fully saturated rings. The summed E-state index contributed by atoms with van der Waals surface area (Å²) < 4.78 is 24.8. The van der Waals surface area contributed by atoms with Crippen molar-refractivity contribution >= 4 is 9.84 Å². The van der Waals surface area contributed by atoms with Gasteiger partial charge in [0.25, 0.3) is 0 Å². The highest BCUT2D eigenvalue weighted by Gasteiger charge is 2.20. The number of nitrogens with one attached hydrogen (secondary N) is 1. The number of hydrogen-bond acceptors (Lipinski definition) is 3. The molecule has 1 N–H and O–H groups in total. The Labute approximate surface area is 117 Å². The zero-order chi connectivity index (χ0) is 14.3. The summed E-state index contributed by atoms with van der Waals surface area (Å²) in [4.78, 5) is 0.437. The van der Waals surface area contributed by atoms with Gasteiger partial charge in [0.15, 0.2) is 9.84 Å². The Morgan fingerprint density at radius 1 is 1.21 bits per heavy atom. The smallest absolute Gasteiger partial charge is 0.179 e. The minimum atomic E-state index is -3.20. The fourth-order valence-corrected chi connectivity index (χ4v) is 3.77. The second-order valence-corrected chi connectivity index (χ2v) is 7.07. The van der Waals surface area contributed by atoms with Gasteiger partial charge in [0.05, 0.1) is 10.6 Å². The van der Waals surface area contributed by atoms with Gasteiger partial charge in [0, 0.05) is 6.04 Å². The normalized spacial score (nSPS) is 13.4. The summed E-state index contributed by atoms with van der Waals surface area (Å²) in [5.74, 6) is 0.185. The van der Waals surface area contributed by atoms with E-state index in [2.05, 4.69) is 19.2 Å². The Morgan fingerprint density at radius 3 is 2.53 bits per heavy atom. The molecule has 1 aromatic carbocycles. The number of sulfone groups is 1. The number of benzene rings is 1. The van der Waals surface area contributed by atoms with Crippen molar-refractivity contribution in [1.29, 1.82) is 0 Å². The van der Waals surface area contributed by atoms with Crippen LogP contribution in [0.1, 0.15) is 38.7 Å². The van der Waals surface area contributed by atoms with E-state index in [1.54, 1.807) is 18.2 Å². The first-order valence-corrected chi connectivity index (χ1v) is 8.67. The molecule has 0 bridgehead atoms. The van der Waals surface area contributed by atoms with Gasteiger partial charge in [-0.05, 0) is 44.0 Å². The molecule has 1 rings (SSSR count). The molecule has 108 valence electrons. The zero-order valence-corrected chi connectivity index (χ0v) is 13.0. The average molecular weight is 283 g/mol. The maximum Gasteiger partial charge on any atom is 0.179 e. The maximum atomic E-state index is 12.4. The molecule has 0 amide bonds. The maximum absolute atomic E-state index is 12.4. The highest BCUT2D eigenvalue weighted by atomic mass is 32.2. The van der Waals surface area contributed by atoms with Gasteiger partial charge in [-0.1, -0.05) is 32.4 Å². The Hall–Kier alpha value is -0.870. The average Bonchev–Trinajstić information content (AvgIpc) is 2.36. The number of hydrogen-bond donors (Lipinski definition) is 1. The number of rotatable bonds is 8. The molecule has 0 saturated heterocycles. The van der Waals surface area contributed by atoms with Crippen molar-refractivity contribution in [2.24, 2.45) is 0 Å². The van der Waals surface area contributed by atoms with Crippen molar-refractivity contribution in [3.63, 3.8) is 0 Å². The lowest BCUT2D eigenvalue weighted by molar-refractivity contribution is 0.500. The molecule has 0 aliphatic heterocycles. The summed E-state index contributed by atoms with van der Waals surface area (Å²) in [7, 11) is -3.20. The highest BCUT2D eigenvalue weighted by molar-refractivity contribution is 7.91. The fourth-order valence-electron chi connectivity index (χ4n) is 2.11. The SMILES string of the molecule is CCCNC(CCC)CS(=O)(=O)c1cccc(C)c1. The first-order chi connectivity index (χ1) is 8.99. The summed E-state index contributed by atoms with van der Waals surface area (Å²) in [6.45, 7) is 6.96. The van der Waals surface area contributed by atoms with E-state index in [1.807, 2.05) is 13.0 Å². The van der Waals surface area contributed by atoms with Gasteiger partial charge in [0.1, 0.15) is 0 Å². The third-order valence-electron chi connectivity index (χ3n) is 3.09. The van der Waals surface area contributed by atoms with Crippen molar-refractivity contribution in [2.45, 2.75) is 51.0 Å². The van der Waals surface area contributed by atoms with Gasteiger partial charge in [-0.3, -0.25) is 0 Å². The lowest BCUT2D eigenvalue weighted by Gasteiger charge is -2.18. The third kappa shape index (κ3) is 5.33. The van der Waals surface area contributed by atoms with Crippen LogP contribution in [0.4, 0.5) is 0 Å². The van der Waals surface area contributed by atoms with Crippen molar-refractivity contribution in [3.05, 3.63) is 29.8 Å². The van der Waals surface area contributed by atoms with Crippen LogP contribution in [0.3, 0.4) is 0 Å². The molecule has 0 heterocycles. The largest absolute Gasteiger partial charge is 0.313 e. The molecule has 0 spiro atoms.